The molecule has 0 aliphatic heterocycles. The molecule has 0 aliphatic carbocycles. The zero-order valence-corrected chi connectivity index (χ0v) is 10.0. The molecule has 0 aliphatic rings. The molecule has 1 rings (SSSR count). The molecule has 0 amide bonds. The number of hydrogen-bond donors (Lipinski definition) is 2. The van der Waals surface area contributed by atoms with Crippen LogP contribution in [0.25, 0.3) is 0 Å². The zero-order valence-electron chi connectivity index (χ0n) is 10.0. The van der Waals surface area contributed by atoms with Gasteiger partial charge >= 0.3 is 0 Å². The van der Waals surface area contributed by atoms with Crippen LogP contribution in [0.1, 0.15) is 37.9 Å². The van der Waals surface area contributed by atoms with Gasteiger partial charge in [0.1, 0.15) is 5.75 Å². The summed E-state index contributed by atoms with van der Waals surface area (Å²) in [5.41, 5.74) is 2.06. The van der Waals surface area contributed by atoms with Crippen LogP contribution in [0.2, 0.25) is 0 Å². The highest BCUT2D eigenvalue weighted by Gasteiger charge is 2.09. The highest BCUT2D eigenvalue weighted by Crippen LogP contribution is 2.24. The van der Waals surface area contributed by atoms with E-state index in [4.69, 9.17) is 0 Å². The first kappa shape index (κ1) is 12.1. The van der Waals surface area contributed by atoms with Gasteiger partial charge in [0.05, 0.1) is 0 Å². The first-order valence-electron chi connectivity index (χ1n) is 5.53. The number of aryl methyl sites for hydroxylation is 1. The molecule has 2 nitrogen and oxygen atoms in total. The van der Waals surface area contributed by atoms with Gasteiger partial charge in [0.25, 0.3) is 0 Å². The number of phenols is 1. The molecule has 0 fully saturated rings. The smallest absolute Gasteiger partial charge is 0.120 e. The van der Waals surface area contributed by atoms with E-state index >= 15 is 0 Å². The number of hydrogen-bond acceptors (Lipinski definition) is 2. The van der Waals surface area contributed by atoms with Crippen molar-refractivity contribution in [1.82, 2.24) is 5.32 Å². The molecular weight excluding hydrogens is 186 g/mol. The van der Waals surface area contributed by atoms with E-state index in [2.05, 4.69) is 26.1 Å². The lowest BCUT2D eigenvalue weighted by molar-refractivity contribution is 0.442. The summed E-state index contributed by atoms with van der Waals surface area (Å²) in [6.45, 7) is 9.38. The van der Waals surface area contributed by atoms with Gasteiger partial charge in [-0.05, 0) is 37.9 Å². The SMILES string of the molecule is Cc1ccc(C(C)NCC(C)C)c(O)c1. The maximum atomic E-state index is 9.79. The topological polar surface area (TPSA) is 32.3 Å². The van der Waals surface area contributed by atoms with Crippen molar-refractivity contribution in [1.29, 1.82) is 0 Å². The number of phenolic OH excluding ortho intramolecular Hbond substituents is 1. The minimum atomic E-state index is 0.202. The monoisotopic (exact) mass is 207 g/mol. The summed E-state index contributed by atoms with van der Waals surface area (Å²) in [6, 6.07) is 6.03. The molecule has 0 bridgehead atoms. The standard InChI is InChI=1S/C13H21NO/c1-9(2)8-14-11(4)12-6-5-10(3)7-13(12)15/h5-7,9,11,14-15H,8H2,1-4H3. The molecule has 0 saturated carbocycles. The first-order valence-corrected chi connectivity index (χ1v) is 5.53. The summed E-state index contributed by atoms with van der Waals surface area (Å²) >= 11 is 0. The maximum absolute atomic E-state index is 9.79. The van der Waals surface area contributed by atoms with Crippen LogP contribution in [0.5, 0.6) is 5.75 Å². The Hall–Kier alpha value is -1.02. The van der Waals surface area contributed by atoms with Crippen molar-refractivity contribution >= 4 is 0 Å². The molecule has 0 spiro atoms. The highest BCUT2D eigenvalue weighted by molar-refractivity contribution is 5.37. The number of aromatic hydroxyl groups is 1. The summed E-state index contributed by atoms with van der Waals surface area (Å²) in [5, 5.41) is 13.2. The van der Waals surface area contributed by atoms with E-state index in [1.807, 2.05) is 25.1 Å². The lowest BCUT2D eigenvalue weighted by atomic mass is 10.0. The van der Waals surface area contributed by atoms with Crippen LogP contribution in [0.15, 0.2) is 18.2 Å². The molecule has 1 aromatic rings. The van der Waals surface area contributed by atoms with Crippen molar-refractivity contribution in [3.8, 4) is 5.75 Å². The minimum absolute atomic E-state index is 0.202. The van der Waals surface area contributed by atoms with Gasteiger partial charge in [0.2, 0.25) is 0 Å². The van der Waals surface area contributed by atoms with Crippen LogP contribution in [-0.2, 0) is 0 Å². The average molecular weight is 207 g/mol. The van der Waals surface area contributed by atoms with Crippen LogP contribution in [0.3, 0.4) is 0 Å². The minimum Gasteiger partial charge on any atom is -0.508 e. The lowest BCUT2D eigenvalue weighted by Gasteiger charge is -2.17. The molecule has 1 aromatic carbocycles. The fraction of sp³-hybridized carbons (Fsp3) is 0.538. The molecule has 0 aromatic heterocycles. The van der Waals surface area contributed by atoms with Crippen molar-refractivity contribution in [2.24, 2.45) is 5.92 Å². The van der Waals surface area contributed by atoms with Gasteiger partial charge < -0.3 is 10.4 Å². The van der Waals surface area contributed by atoms with Gasteiger partial charge in [0, 0.05) is 11.6 Å². The third-order valence-corrected chi connectivity index (χ3v) is 2.48. The fourth-order valence-corrected chi connectivity index (χ4v) is 1.54. The summed E-state index contributed by atoms with van der Waals surface area (Å²) < 4.78 is 0. The first-order chi connectivity index (χ1) is 7.00. The molecule has 1 unspecified atom stereocenters. The van der Waals surface area contributed by atoms with Gasteiger partial charge in [-0.25, -0.2) is 0 Å². The molecule has 84 valence electrons. The molecule has 0 radical (unpaired) electrons. The van der Waals surface area contributed by atoms with Gasteiger partial charge in [-0.3, -0.25) is 0 Å². The maximum Gasteiger partial charge on any atom is 0.120 e. The summed E-state index contributed by atoms with van der Waals surface area (Å²) in [6.07, 6.45) is 0. The Labute approximate surface area is 92.3 Å². The van der Waals surface area contributed by atoms with E-state index in [1.54, 1.807) is 0 Å². The van der Waals surface area contributed by atoms with Crippen molar-refractivity contribution in [3.63, 3.8) is 0 Å². The third-order valence-electron chi connectivity index (χ3n) is 2.48. The van der Waals surface area contributed by atoms with E-state index in [1.165, 1.54) is 0 Å². The van der Waals surface area contributed by atoms with E-state index in [0.717, 1.165) is 17.7 Å². The van der Waals surface area contributed by atoms with Crippen LogP contribution in [-0.4, -0.2) is 11.7 Å². The number of nitrogens with one attached hydrogen (secondary N) is 1. The molecule has 1 atom stereocenters. The van der Waals surface area contributed by atoms with Crippen LogP contribution in [0, 0.1) is 12.8 Å². The van der Waals surface area contributed by atoms with E-state index < -0.39 is 0 Å². The number of rotatable bonds is 4. The predicted octanol–water partition coefficient (Wildman–Crippen LogP) is 3.01. The zero-order chi connectivity index (χ0) is 11.4. The van der Waals surface area contributed by atoms with Crippen molar-refractivity contribution < 1.29 is 5.11 Å². The quantitative estimate of drug-likeness (QED) is 0.795. The van der Waals surface area contributed by atoms with Crippen LogP contribution >= 0.6 is 0 Å². The van der Waals surface area contributed by atoms with E-state index in [9.17, 15) is 5.11 Å². The van der Waals surface area contributed by atoms with E-state index in [0.29, 0.717) is 11.7 Å². The lowest BCUT2D eigenvalue weighted by Crippen LogP contribution is -2.23. The van der Waals surface area contributed by atoms with Crippen LogP contribution < -0.4 is 5.32 Å². The fourth-order valence-electron chi connectivity index (χ4n) is 1.54. The Morgan fingerprint density at radius 2 is 1.93 bits per heavy atom. The van der Waals surface area contributed by atoms with Gasteiger partial charge in [-0.2, -0.15) is 0 Å². The molecule has 15 heavy (non-hydrogen) atoms. The average Bonchev–Trinajstić information content (AvgIpc) is 2.14. The predicted molar refractivity (Wildman–Crippen MR) is 64.1 cm³/mol. The number of benzene rings is 1. The molecular formula is C13H21NO. The van der Waals surface area contributed by atoms with Gasteiger partial charge in [0.15, 0.2) is 0 Å². The second-order valence-corrected chi connectivity index (χ2v) is 4.59. The van der Waals surface area contributed by atoms with Gasteiger partial charge in [-0.1, -0.05) is 26.0 Å². The molecule has 0 heterocycles. The molecule has 2 N–H and O–H groups in total. The Kier molecular flexibility index (Phi) is 4.15. The Morgan fingerprint density at radius 1 is 1.27 bits per heavy atom. The van der Waals surface area contributed by atoms with E-state index in [-0.39, 0.29) is 6.04 Å². The largest absolute Gasteiger partial charge is 0.508 e. The molecule has 0 saturated heterocycles. The second kappa shape index (κ2) is 5.17. The van der Waals surface area contributed by atoms with Crippen LogP contribution in [0.4, 0.5) is 0 Å². The normalized spacial score (nSPS) is 13.1. The summed E-state index contributed by atoms with van der Waals surface area (Å²) in [7, 11) is 0. The molecule has 2 heteroatoms. The summed E-state index contributed by atoms with van der Waals surface area (Å²) in [5.74, 6) is 1.01. The van der Waals surface area contributed by atoms with Gasteiger partial charge in [-0.15, -0.1) is 0 Å². The van der Waals surface area contributed by atoms with Crippen molar-refractivity contribution in [2.75, 3.05) is 6.54 Å². The highest BCUT2D eigenvalue weighted by atomic mass is 16.3. The Bertz CT molecular complexity index is 320. The third kappa shape index (κ3) is 3.56. The Morgan fingerprint density at radius 3 is 2.47 bits per heavy atom. The Balaban J connectivity index is 2.69. The van der Waals surface area contributed by atoms with Crippen molar-refractivity contribution in [3.05, 3.63) is 29.3 Å². The summed E-state index contributed by atoms with van der Waals surface area (Å²) in [4.78, 5) is 0. The second-order valence-electron chi connectivity index (χ2n) is 4.59. The van der Waals surface area contributed by atoms with Crippen molar-refractivity contribution in [2.45, 2.75) is 33.7 Å².